The molecule has 6 heteroatoms. The number of hydrogen-bond donors (Lipinski definition) is 1. The molecule has 0 amide bonds. The van der Waals surface area contributed by atoms with E-state index in [9.17, 15) is 4.79 Å². The second kappa shape index (κ2) is 3.73. The number of aromatic nitrogens is 3. The van der Waals surface area contributed by atoms with E-state index in [0.29, 0.717) is 11.5 Å². The molecule has 0 unspecified atom stereocenters. The van der Waals surface area contributed by atoms with Crippen LogP contribution in [0.3, 0.4) is 0 Å². The summed E-state index contributed by atoms with van der Waals surface area (Å²) >= 11 is 0. The van der Waals surface area contributed by atoms with Crippen LogP contribution in [0.1, 0.15) is 5.82 Å². The fourth-order valence-corrected chi connectivity index (χ4v) is 1.37. The highest BCUT2D eigenvalue weighted by atomic mass is 16.5. The lowest BCUT2D eigenvalue weighted by atomic mass is 10.3. The van der Waals surface area contributed by atoms with Crippen LogP contribution in [0, 0.1) is 6.92 Å². The number of nitrogens with zero attached hydrogens (tertiary/aromatic N) is 3. The Kier molecular flexibility index (Phi) is 2.40. The van der Waals surface area contributed by atoms with Crippen molar-refractivity contribution in [1.82, 2.24) is 14.5 Å². The number of methoxy groups -OCH3 is 1. The van der Waals surface area contributed by atoms with Crippen molar-refractivity contribution in [2.75, 3.05) is 13.0 Å². The van der Waals surface area contributed by atoms with E-state index in [1.165, 1.54) is 4.68 Å². The van der Waals surface area contributed by atoms with Crippen LogP contribution in [0.5, 0.6) is 5.75 Å². The van der Waals surface area contributed by atoms with Crippen LogP contribution in [0.4, 0.5) is 0 Å². The lowest BCUT2D eigenvalue weighted by Crippen LogP contribution is -2.29. The van der Waals surface area contributed by atoms with Gasteiger partial charge in [0.1, 0.15) is 5.75 Å². The van der Waals surface area contributed by atoms with Gasteiger partial charge in [0.25, 0.3) is 0 Å². The molecule has 2 aromatic rings. The van der Waals surface area contributed by atoms with Gasteiger partial charge in [-0.25, -0.2) is 4.79 Å². The third kappa shape index (κ3) is 1.54. The molecular formula is C10H12N4O2. The average molecular weight is 220 g/mol. The largest absolute Gasteiger partial charge is 0.497 e. The van der Waals surface area contributed by atoms with Crippen LogP contribution in [-0.4, -0.2) is 21.6 Å². The van der Waals surface area contributed by atoms with E-state index in [4.69, 9.17) is 10.6 Å². The normalized spacial score (nSPS) is 10.4. The summed E-state index contributed by atoms with van der Waals surface area (Å²) in [4.78, 5) is 11.7. The van der Waals surface area contributed by atoms with Gasteiger partial charge in [-0.3, -0.25) is 0 Å². The molecule has 2 N–H and O–H groups in total. The molecule has 0 aliphatic rings. The fourth-order valence-electron chi connectivity index (χ4n) is 1.37. The van der Waals surface area contributed by atoms with E-state index < -0.39 is 0 Å². The van der Waals surface area contributed by atoms with E-state index >= 15 is 0 Å². The van der Waals surface area contributed by atoms with E-state index in [1.54, 1.807) is 38.3 Å². The van der Waals surface area contributed by atoms with E-state index in [-0.39, 0.29) is 5.69 Å². The van der Waals surface area contributed by atoms with Gasteiger partial charge >= 0.3 is 5.69 Å². The van der Waals surface area contributed by atoms with Crippen LogP contribution in [0.2, 0.25) is 0 Å². The molecular weight excluding hydrogens is 208 g/mol. The quantitative estimate of drug-likeness (QED) is 0.726. The molecule has 1 aromatic heterocycles. The molecule has 0 fully saturated rings. The van der Waals surface area contributed by atoms with Gasteiger partial charge in [0.2, 0.25) is 0 Å². The molecule has 0 saturated carbocycles. The van der Waals surface area contributed by atoms with Gasteiger partial charge < -0.3 is 10.6 Å². The van der Waals surface area contributed by atoms with E-state index in [0.717, 1.165) is 10.4 Å². The highest BCUT2D eigenvalue weighted by Crippen LogP contribution is 2.12. The Labute approximate surface area is 91.8 Å². The van der Waals surface area contributed by atoms with Gasteiger partial charge in [-0.1, -0.05) is 0 Å². The SMILES string of the molecule is COc1ccc(-n2nc(C)n(N)c2=O)cc1. The molecule has 6 nitrogen and oxygen atoms in total. The van der Waals surface area contributed by atoms with Crippen LogP contribution >= 0.6 is 0 Å². The molecule has 1 aromatic carbocycles. The number of benzene rings is 1. The van der Waals surface area contributed by atoms with Crippen LogP contribution < -0.4 is 16.3 Å². The molecule has 0 bridgehead atoms. The third-order valence-electron chi connectivity index (χ3n) is 2.30. The van der Waals surface area contributed by atoms with Crippen molar-refractivity contribution in [2.24, 2.45) is 0 Å². The summed E-state index contributed by atoms with van der Waals surface area (Å²) in [6, 6.07) is 7.00. The summed E-state index contributed by atoms with van der Waals surface area (Å²) in [5.74, 6) is 6.67. The van der Waals surface area contributed by atoms with Crippen LogP contribution in [0.25, 0.3) is 5.69 Å². The zero-order valence-electron chi connectivity index (χ0n) is 9.04. The summed E-state index contributed by atoms with van der Waals surface area (Å²) in [6.07, 6.45) is 0. The molecule has 0 saturated heterocycles. The minimum Gasteiger partial charge on any atom is -0.497 e. The number of aryl methyl sites for hydroxylation is 1. The summed E-state index contributed by atoms with van der Waals surface area (Å²) < 4.78 is 7.28. The van der Waals surface area contributed by atoms with Gasteiger partial charge in [-0.15, -0.1) is 5.10 Å². The molecule has 0 aliphatic heterocycles. The van der Waals surface area contributed by atoms with Crippen LogP contribution in [-0.2, 0) is 0 Å². The predicted molar refractivity (Wildman–Crippen MR) is 59.3 cm³/mol. The Morgan fingerprint density at radius 3 is 2.38 bits per heavy atom. The second-order valence-electron chi connectivity index (χ2n) is 3.31. The van der Waals surface area contributed by atoms with Crippen molar-refractivity contribution in [3.63, 3.8) is 0 Å². The van der Waals surface area contributed by atoms with Gasteiger partial charge in [-0.2, -0.15) is 9.36 Å². The standard InChI is InChI=1S/C10H12N4O2/c1-7-12-14(10(15)13(7)11)8-3-5-9(16-2)6-4-8/h3-6H,11H2,1-2H3. The first kappa shape index (κ1) is 10.3. The highest BCUT2D eigenvalue weighted by Gasteiger charge is 2.08. The first-order valence-electron chi connectivity index (χ1n) is 4.71. The molecule has 0 radical (unpaired) electrons. The number of hydrogen-bond acceptors (Lipinski definition) is 4. The predicted octanol–water partition coefficient (Wildman–Crippen LogP) is 0.0648. The Morgan fingerprint density at radius 1 is 1.31 bits per heavy atom. The molecule has 1 heterocycles. The van der Waals surface area contributed by atoms with Crippen molar-refractivity contribution in [1.29, 1.82) is 0 Å². The van der Waals surface area contributed by atoms with Crippen molar-refractivity contribution in [2.45, 2.75) is 6.92 Å². The zero-order chi connectivity index (χ0) is 11.7. The average Bonchev–Trinajstić information content (AvgIpc) is 2.57. The maximum absolute atomic E-state index is 11.7. The van der Waals surface area contributed by atoms with Crippen LogP contribution in [0.15, 0.2) is 29.1 Å². The molecule has 0 atom stereocenters. The number of nitrogens with two attached hydrogens (primary N) is 1. The summed E-state index contributed by atoms with van der Waals surface area (Å²) in [5.41, 5.74) is 0.278. The van der Waals surface area contributed by atoms with Crippen molar-refractivity contribution in [3.8, 4) is 11.4 Å². The second-order valence-corrected chi connectivity index (χ2v) is 3.31. The maximum atomic E-state index is 11.7. The smallest absolute Gasteiger partial charge is 0.369 e. The first-order chi connectivity index (χ1) is 7.63. The minimum atomic E-state index is -0.373. The molecule has 16 heavy (non-hydrogen) atoms. The molecule has 0 aliphatic carbocycles. The Balaban J connectivity index is 2.50. The van der Waals surface area contributed by atoms with Gasteiger partial charge in [-0.05, 0) is 31.2 Å². The maximum Gasteiger partial charge on any atom is 0.369 e. The fraction of sp³-hybridized carbons (Fsp3) is 0.200. The summed E-state index contributed by atoms with van der Waals surface area (Å²) in [6.45, 7) is 1.67. The number of ether oxygens (including phenoxy) is 1. The number of rotatable bonds is 2. The van der Waals surface area contributed by atoms with E-state index in [1.807, 2.05) is 0 Å². The summed E-state index contributed by atoms with van der Waals surface area (Å²) in [5, 5.41) is 4.04. The van der Waals surface area contributed by atoms with Crippen molar-refractivity contribution >= 4 is 0 Å². The molecule has 84 valence electrons. The summed E-state index contributed by atoms with van der Waals surface area (Å²) in [7, 11) is 1.58. The molecule has 2 rings (SSSR count). The lowest BCUT2D eigenvalue weighted by molar-refractivity contribution is 0.414. The first-order valence-corrected chi connectivity index (χ1v) is 4.71. The van der Waals surface area contributed by atoms with Gasteiger partial charge in [0.15, 0.2) is 5.82 Å². The van der Waals surface area contributed by atoms with Crippen molar-refractivity contribution < 1.29 is 4.74 Å². The Hall–Kier alpha value is -2.24. The Morgan fingerprint density at radius 2 is 1.94 bits per heavy atom. The van der Waals surface area contributed by atoms with Gasteiger partial charge in [0, 0.05) is 0 Å². The Bertz CT molecular complexity index is 553. The number of nitrogen functional groups attached to an aromatic ring is 1. The third-order valence-corrected chi connectivity index (χ3v) is 2.30. The lowest BCUT2D eigenvalue weighted by Gasteiger charge is -2.01. The van der Waals surface area contributed by atoms with Gasteiger partial charge in [0.05, 0.1) is 12.8 Å². The highest BCUT2D eigenvalue weighted by molar-refractivity contribution is 5.36. The zero-order valence-corrected chi connectivity index (χ0v) is 9.04. The minimum absolute atomic E-state index is 0.373. The molecule has 0 spiro atoms. The monoisotopic (exact) mass is 220 g/mol. The van der Waals surface area contributed by atoms with E-state index in [2.05, 4.69) is 5.10 Å². The van der Waals surface area contributed by atoms with Crippen molar-refractivity contribution in [3.05, 3.63) is 40.6 Å². The topological polar surface area (TPSA) is 75.1 Å².